The molecule has 2 unspecified atom stereocenters. The van der Waals surface area contributed by atoms with Gasteiger partial charge in [0.1, 0.15) is 19.3 Å². The van der Waals surface area contributed by atoms with Crippen LogP contribution in [0, 0.1) is 17.8 Å². The smallest absolute Gasteiger partial charge is 0.462 e. The number of rotatable bonds is 73. The maximum Gasteiger partial charge on any atom is 0.472 e. The van der Waals surface area contributed by atoms with Gasteiger partial charge >= 0.3 is 39.5 Å². The Labute approximate surface area is 575 Å². The molecule has 0 amide bonds. The van der Waals surface area contributed by atoms with E-state index in [-0.39, 0.29) is 25.7 Å². The van der Waals surface area contributed by atoms with E-state index in [9.17, 15) is 43.2 Å². The van der Waals surface area contributed by atoms with Crippen LogP contribution in [0.5, 0.6) is 0 Å². The second kappa shape index (κ2) is 65.7. The Kier molecular flexibility index (Phi) is 64.3. The summed E-state index contributed by atoms with van der Waals surface area (Å²) in [5.41, 5.74) is 0. The lowest BCUT2D eigenvalue weighted by Crippen LogP contribution is -2.30. The monoisotopic (exact) mass is 1380 g/mol. The summed E-state index contributed by atoms with van der Waals surface area (Å²) < 4.78 is 68.4. The molecule has 0 radical (unpaired) electrons. The summed E-state index contributed by atoms with van der Waals surface area (Å²) in [4.78, 5) is 72.7. The number of phosphoric ester groups is 2. The van der Waals surface area contributed by atoms with Gasteiger partial charge < -0.3 is 33.8 Å². The van der Waals surface area contributed by atoms with Crippen molar-refractivity contribution in [3.8, 4) is 0 Å². The second-order valence-corrected chi connectivity index (χ2v) is 31.4. The molecule has 558 valence electrons. The minimum atomic E-state index is -4.96. The molecule has 0 spiro atoms. The number of hydrogen-bond donors (Lipinski definition) is 3. The number of hydrogen-bond acceptors (Lipinski definition) is 15. The van der Waals surface area contributed by atoms with E-state index in [0.717, 1.165) is 102 Å². The fraction of sp³-hybridized carbons (Fsp3) is 0.947. The SMILES string of the molecule is CCCCCCCCCCCCCCCCCC(=O)OC[C@H](COP(=O)(O)OC[C@@H](O)COP(=O)(O)OC[C@@H](COC(=O)CCCCCCCCCC(C)C)OC(=O)CCCCCCCCCC(C)C)OC(=O)CCCCCCCCCCCCCCCCCCC(C)C. The van der Waals surface area contributed by atoms with Gasteiger partial charge in [-0.05, 0) is 43.4 Å². The van der Waals surface area contributed by atoms with Crippen LogP contribution < -0.4 is 0 Å². The van der Waals surface area contributed by atoms with Crippen LogP contribution in [0.1, 0.15) is 382 Å². The average Bonchev–Trinajstić information content (AvgIpc) is 1.21. The Morgan fingerprint density at radius 2 is 0.489 bits per heavy atom. The number of carbonyl (C=O) groups excluding carboxylic acids is 4. The summed E-state index contributed by atoms with van der Waals surface area (Å²) in [5.74, 6) is 0.0880. The van der Waals surface area contributed by atoms with Crippen molar-refractivity contribution in [2.24, 2.45) is 17.8 Å². The van der Waals surface area contributed by atoms with Crippen molar-refractivity contribution < 1.29 is 80.2 Å². The Hall–Kier alpha value is -1.94. The van der Waals surface area contributed by atoms with Crippen LogP contribution in [0.2, 0.25) is 0 Å². The molecule has 0 rings (SSSR count). The summed E-state index contributed by atoms with van der Waals surface area (Å²) in [6.45, 7) is 11.8. The maximum atomic E-state index is 13.1. The van der Waals surface area contributed by atoms with Crippen molar-refractivity contribution in [3.63, 3.8) is 0 Å². The lowest BCUT2D eigenvalue weighted by Gasteiger charge is -2.21. The Morgan fingerprint density at radius 1 is 0.287 bits per heavy atom. The first kappa shape index (κ1) is 92.1. The molecule has 0 aliphatic heterocycles. The first-order chi connectivity index (χ1) is 45.2. The zero-order valence-electron chi connectivity index (χ0n) is 61.4. The highest BCUT2D eigenvalue weighted by Gasteiger charge is 2.30. The summed E-state index contributed by atoms with van der Waals surface area (Å²) in [5, 5.41) is 10.6. The molecule has 94 heavy (non-hydrogen) atoms. The minimum absolute atomic E-state index is 0.103. The van der Waals surface area contributed by atoms with Gasteiger partial charge in [-0.1, -0.05) is 331 Å². The number of unbranched alkanes of at least 4 members (excludes halogenated alkanes) is 41. The van der Waals surface area contributed by atoms with E-state index in [0.29, 0.717) is 37.5 Å². The van der Waals surface area contributed by atoms with Gasteiger partial charge in [0.15, 0.2) is 12.2 Å². The van der Waals surface area contributed by atoms with Crippen molar-refractivity contribution in [2.75, 3.05) is 39.6 Å². The highest BCUT2D eigenvalue weighted by molar-refractivity contribution is 7.47. The topological polar surface area (TPSA) is 237 Å². The predicted molar refractivity (Wildman–Crippen MR) is 381 cm³/mol. The van der Waals surface area contributed by atoms with E-state index in [1.54, 1.807) is 0 Å². The zero-order valence-corrected chi connectivity index (χ0v) is 63.2. The first-order valence-electron chi connectivity index (χ1n) is 38.8. The van der Waals surface area contributed by atoms with Crippen LogP contribution in [0.4, 0.5) is 0 Å². The number of ether oxygens (including phenoxy) is 4. The molecule has 0 bridgehead atoms. The molecule has 0 aliphatic carbocycles. The Bertz CT molecular complexity index is 1840. The van der Waals surface area contributed by atoms with Crippen molar-refractivity contribution in [1.29, 1.82) is 0 Å². The molecule has 0 saturated heterocycles. The third kappa shape index (κ3) is 68.6. The van der Waals surface area contributed by atoms with Crippen LogP contribution in [0.3, 0.4) is 0 Å². The molecule has 19 heteroatoms. The van der Waals surface area contributed by atoms with E-state index >= 15 is 0 Å². The largest absolute Gasteiger partial charge is 0.472 e. The molecule has 3 N–H and O–H groups in total. The summed E-state index contributed by atoms with van der Waals surface area (Å²) in [6, 6.07) is 0. The Balaban J connectivity index is 5.22. The van der Waals surface area contributed by atoms with Gasteiger partial charge in [0.2, 0.25) is 0 Å². The van der Waals surface area contributed by atoms with Gasteiger partial charge in [-0.15, -0.1) is 0 Å². The maximum absolute atomic E-state index is 13.1. The van der Waals surface area contributed by atoms with Gasteiger partial charge in [-0.2, -0.15) is 0 Å². The molecule has 17 nitrogen and oxygen atoms in total. The van der Waals surface area contributed by atoms with Crippen LogP contribution in [-0.4, -0.2) is 96.7 Å². The molecule has 0 saturated carbocycles. The number of carbonyl (C=O) groups is 4. The molecule has 0 aromatic rings. The van der Waals surface area contributed by atoms with Gasteiger partial charge in [-0.3, -0.25) is 37.3 Å². The zero-order chi connectivity index (χ0) is 69.4. The van der Waals surface area contributed by atoms with E-state index in [4.69, 9.17) is 37.0 Å². The normalized spacial score (nSPS) is 14.1. The number of phosphoric acid groups is 2. The van der Waals surface area contributed by atoms with Crippen molar-refractivity contribution >= 4 is 39.5 Å². The summed E-state index contributed by atoms with van der Waals surface area (Å²) in [6.07, 6.45) is 51.6. The number of esters is 4. The molecule has 0 aromatic carbocycles. The van der Waals surface area contributed by atoms with Gasteiger partial charge in [-0.25, -0.2) is 9.13 Å². The predicted octanol–water partition coefficient (Wildman–Crippen LogP) is 21.8. The highest BCUT2D eigenvalue weighted by Crippen LogP contribution is 2.45. The highest BCUT2D eigenvalue weighted by atomic mass is 31.2. The molecule has 0 aromatic heterocycles. The lowest BCUT2D eigenvalue weighted by molar-refractivity contribution is -0.161. The van der Waals surface area contributed by atoms with Gasteiger partial charge in [0.25, 0.3) is 0 Å². The fourth-order valence-corrected chi connectivity index (χ4v) is 13.0. The standard InChI is InChI=1S/C75H146O17P2/c1-8-9-10-11-12-13-14-15-18-22-25-28-35-42-49-56-72(77)85-62-70(91-74(79)58-51-44-36-29-26-23-20-17-16-19-21-24-27-32-39-46-53-66(2)3)64-89-93(81,82)87-60-69(76)61-88-94(83,84)90-65-71(92-75(80)59-52-45-38-31-34-41-48-55-68(6)7)63-86-73(78)57-50-43-37-30-33-40-47-54-67(4)5/h66-71,76H,8-65H2,1-7H3,(H,81,82)(H,83,84)/t69-,70-,71-/m1/s1. The van der Waals surface area contributed by atoms with E-state index in [2.05, 4.69) is 48.5 Å². The van der Waals surface area contributed by atoms with Crippen LogP contribution in [0.15, 0.2) is 0 Å². The molecule has 5 atom stereocenters. The van der Waals surface area contributed by atoms with E-state index < -0.39 is 97.5 Å². The Morgan fingerprint density at radius 3 is 0.723 bits per heavy atom. The van der Waals surface area contributed by atoms with Crippen molar-refractivity contribution in [1.82, 2.24) is 0 Å². The number of aliphatic hydroxyl groups is 1. The lowest BCUT2D eigenvalue weighted by atomic mass is 10.0. The second-order valence-electron chi connectivity index (χ2n) is 28.5. The summed E-state index contributed by atoms with van der Waals surface area (Å²) in [7, 11) is -9.91. The third-order valence-corrected chi connectivity index (χ3v) is 19.3. The molecular weight excluding hydrogens is 1230 g/mol. The molecule has 0 heterocycles. The van der Waals surface area contributed by atoms with Crippen LogP contribution in [-0.2, 0) is 65.4 Å². The van der Waals surface area contributed by atoms with Gasteiger partial charge in [0.05, 0.1) is 26.4 Å². The van der Waals surface area contributed by atoms with Crippen molar-refractivity contribution in [3.05, 3.63) is 0 Å². The van der Waals surface area contributed by atoms with Crippen molar-refractivity contribution in [2.45, 2.75) is 401 Å². The fourth-order valence-electron chi connectivity index (χ4n) is 11.4. The average molecular weight is 1380 g/mol. The number of aliphatic hydroxyl groups excluding tert-OH is 1. The van der Waals surface area contributed by atoms with Gasteiger partial charge in [0, 0.05) is 25.7 Å². The molecular formula is C75H146O17P2. The third-order valence-electron chi connectivity index (χ3n) is 17.4. The first-order valence-corrected chi connectivity index (χ1v) is 41.8. The quantitative estimate of drug-likeness (QED) is 0.0222. The molecule has 0 fully saturated rings. The van der Waals surface area contributed by atoms with Crippen LogP contribution in [0.25, 0.3) is 0 Å². The summed E-state index contributed by atoms with van der Waals surface area (Å²) >= 11 is 0. The van der Waals surface area contributed by atoms with E-state index in [1.165, 1.54) is 186 Å². The minimum Gasteiger partial charge on any atom is -0.462 e. The molecule has 0 aliphatic rings. The van der Waals surface area contributed by atoms with E-state index in [1.807, 2.05) is 0 Å². The van der Waals surface area contributed by atoms with Crippen LogP contribution >= 0.6 is 15.6 Å².